The number of rotatable bonds is 7. The van der Waals surface area contributed by atoms with E-state index in [1.54, 1.807) is 11.5 Å². The van der Waals surface area contributed by atoms with Crippen molar-refractivity contribution in [3.8, 4) is 0 Å². The molecule has 23 heavy (non-hydrogen) atoms. The fraction of sp³-hybridized carbons (Fsp3) is 0.500. The van der Waals surface area contributed by atoms with Crippen LogP contribution in [0.4, 0.5) is 8.78 Å². The van der Waals surface area contributed by atoms with Crippen LogP contribution in [0.3, 0.4) is 0 Å². The molecule has 3 N–H and O–H groups in total. The summed E-state index contributed by atoms with van der Waals surface area (Å²) < 4.78 is 28.7. The molecule has 0 aliphatic rings. The molecule has 0 radical (unpaired) electrons. The van der Waals surface area contributed by atoms with E-state index >= 15 is 0 Å². The van der Waals surface area contributed by atoms with Gasteiger partial charge in [-0.25, -0.2) is 14.6 Å². The average Bonchev–Trinajstić information content (AvgIpc) is 3.09. The lowest BCUT2D eigenvalue weighted by Gasteiger charge is -2.08. The van der Waals surface area contributed by atoms with Crippen molar-refractivity contribution in [3.63, 3.8) is 0 Å². The second-order valence-corrected chi connectivity index (χ2v) is 5.61. The highest BCUT2D eigenvalue weighted by atomic mass is 32.2. The number of hydrazine groups is 1. The maximum atomic E-state index is 12.7. The van der Waals surface area contributed by atoms with Crippen molar-refractivity contribution in [2.24, 2.45) is 5.84 Å². The Morgan fingerprint density at radius 2 is 2.22 bits per heavy atom. The molecule has 0 bridgehead atoms. The number of carbonyl (C=O) groups is 1. The SMILES string of the molecule is CCn1c(Cn2nc(C(F)F)cc2C)nnc1SCC(=O)NN. The number of nitrogens with one attached hydrogen (secondary N) is 1. The van der Waals surface area contributed by atoms with Crippen molar-refractivity contribution in [1.29, 1.82) is 0 Å². The summed E-state index contributed by atoms with van der Waals surface area (Å²) >= 11 is 1.20. The van der Waals surface area contributed by atoms with Crippen molar-refractivity contribution in [3.05, 3.63) is 23.3 Å². The lowest BCUT2D eigenvalue weighted by Crippen LogP contribution is -2.31. The lowest BCUT2D eigenvalue weighted by molar-refractivity contribution is -0.118. The van der Waals surface area contributed by atoms with Crippen LogP contribution < -0.4 is 11.3 Å². The molecule has 0 saturated heterocycles. The number of hydrogen-bond donors (Lipinski definition) is 2. The highest BCUT2D eigenvalue weighted by Gasteiger charge is 2.17. The Labute approximate surface area is 135 Å². The topological polar surface area (TPSA) is 104 Å². The summed E-state index contributed by atoms with van der Waals surface area (Å²) in [7, 11) is 0. The quantitative estimate of drug-likeness (QED) is 0.334. The fourth-order valence-corrected chi connectivity index (χ4v) is 2.80. The minimum atomic E-state index is -2.61. The first-order valence-electron chi connectivity index (χ1n) is 6.83. The normalized spacial score (nSPS) is 11.2. The van der Waals surface area contributed by atoms with Crippen LogP contribution in [0.15, 0.2) is 11.2 Å². The zero-order chi connectivity index (χ0) is 17.0. The van der Waals surface area contributed by atoms with E-state index in [0.717, 1.165) is 0 Å². The molecule has 2 rings (SSSR count). The van der Waals surface area contributed by atoms with Gasteiger partial charge >= 0.3 is 0 Å². The van der Waals surface area contributed by atoms with Gasteiger partial charge in [-0.3, -0.25) is 14.9 Å². The predicted molar refractivity (Wildman–Crippen MR) is 79.8 cm³/mol. The van der Waals surface area contributed by atoms with E-state index in [1.807, 2.05) is 12.3 Å². The summed E-state index contributed by atoms with van der Waals surface area (Å²) in [5, 5.41) is 12.5. The number of nitrogens with two attached hydrogens (primary N) is 1. The first-order chi connectivity index (χ1) is 11.0. The molecule has 2 aromatic heterocycles. The molecule has 0 spiro atoms. The summed E-state index contributed by atoms with van der Waals surface area (Å²) in [5.41, 5.74) is 2.39. The van der Waals surface area contributed by atoms with E-state index in [9.17, 15) is 13.6 Å². The first kappa shape index (κ1) is 17.3. The standard InChI is InChI=1S/C12H17F2N7OS/c1-3-20-9(17-18-12(20)23-6-10(22)16-15)5-21-7(2)4-8(19-21)11(13)14/h4,11H,3,5-6,15H2,1-2H3,(H,16,22). The molecular weight excluding hydrogens is 328 g/mol. The van der Waals surface area contributed by atoms with E-state index in [1.165, 1.54) is 22.5 Å². The molecule has 0 aromatic carbocycles. The Bertz CT molecular complexity index is 685. The van der Waals surface area contributed by atoms with Gasteiger partial charge in [-0.05, 0) is 19.9 Å². The third-order valence-corrected chi connectivity index (χ3v) is 4.08. The number of hydrogen-bond acceptors (Lipinski definition) is 6. The molecule has 0 atom stereocenters. The van der Waals surface area contributed by atoms with E-state index in [-0.39, 0.29) is 23.9 Å². The fourth-order valence-electron chi connectivity index (χ4n) is 1.97. The summed E-state index contributed by atoms with van der Waals surface area (Å²) in [4.78, 5) is 11.2. The van der Waals surface area contributed by atoms with Gasteiger partial charge in [0.2, 0.25) is 5.91 Å². The van der Waals surface area contributed by atoms with E-state index in [4.69, 9.17) is 5.84 Å². The van der Waals surface area contributed by atoms with Crippen molar-refractivity contribution in [1.82, 2.24) is 30.0 Å². The second kappa shape index (κ2) is 7.51. The molecule has 0 fully saturated rings. The molecule has 126 valence electrons. The monoisotopic (exact) mass is 345 g/mol. The third-order valence-electron chi connectivity index (χ3n) is 3.12. The Morgan fingerprint density at radius 1 is 1.48 bits per heavy atom. The number of aromatic nitrogens is 5. The van der Waals surface area contributed by atoms with Crippen LogP contribution in [-0.4, -0.2) is 36.2 Å². The number of amides is 1. The molecule has 8 nitrogen and oxygen atoms in total. The van der Waals surface area contributed by atoms with Crippen LogP contribution in [0, 0.1) is 6.92 Å². The Balaban J connectivity index is 2.17. The minimum Gasteiger partial charge on any atom is -0.305 e. The Hall–Kier alpha value is -2.01. The molecule has 2 heterocycles. The van der Waals surface area contributed by atoms with Crippen LogP contribution in [-0.2, 0) is 17.9 Å². The summed E-state index contributed by atoms with van der Waals surface area (Å²) in [6.07, 6.45) is -2.61. The van der Waals surface area contributed by atoms with Gasteiger partial charge in [0.05, 0.1) is 5.75 Å². The van der Waals surface area contributed by atoms with E-state index < -0.39 is 6.43 Å². The number of aryl methyl sites for hydroxylation is 1. The van der Waals surface area contributed by atoms with Crippen LogP contribution >= 0.6 is 11.8 Å². The zero-order valence-electron chi connectivity index (χ0n) is 12.7. The van der Waals surface area contributed by atoms with Gasteiger partial charge in [0.25, 0.3) is 6.43 Å². The van der Waals surface area contributed by atoms with Crippen molar-refractivity contribution >= 4 is 17.7 Å². The number of halogens is 2. The van der Waals surface area contributed by atoms with Gasteiger partial charge in [0, 0.05) is 12.2 Å². The Kier molecular flexibility index (Phi) is 5.66. The van der Waals surface area contributed by atoms with Gasteiger partial charge in [-0.15, -0.1) is 10.2 Å². The third kappa shape index (κ3) is 4.05. The largest absolute Gasteiger partial charge is 0.305 e. The van der Waals surface area contributed by atoms with E-state index in [0.29, 0.717) is 23.2 Å². The van der Waals surface area contributed by atoms with Crippen LogP contribution in [0.2, 0.25) is 0 Å². The van der Waals surface area contributed by atoms with Crippen LogP contribution in [0.25, 0.3) is 0 Å². The maximum Gasteiger partial charge on any atom is 0.282 e. The van der Waals surface area contributed by atoms with Crippen molar-refractivity contribution < 1.29 is 13.6 Å². The second-order valence-electron chi connectivity index (χ2n) is 4.67. The first-order valence-corrected chi connectivity index (χ1v) is 7.81. The molecule has 1 amide bonds. The van der Waals surface area contributed by atoms with Crippen LogP contribution in [0.1, 0.15) is 30.6 Å². The molecular formula is C12H17F2N7OS. The summed E-state index contributed by atoms with van der Waals surface area (Å²) in [5.74, 6) is 5.40. The number of carbonyl (C=O) groups excluding carboxylic acids is 1. The zero-order valence-corrected chi connectivity index (χ0v) is 13.5. The highest BCUT2D eigenvalue weighted by molar-refractivity contribution is 7.99. The van der Waals surface area contributed by atoms with Crippen molar-refractivity contribution in [2.45, 2.75) is 38.5 Å². The molecule has 0 aliphatic carbocycles. The average molecular weight is 345 g/mol. The molecule has 0 unspecified atom stereocenters. The smallest absolute Gasteiger partial charge is 0.282 e. The molecule has 0 aliphatic heterocycles. The lowest BCUT2D eigenvalue weighted by atomic mass is 10.4. The number of thioether (sulfide) groups is 1. The van der Waals surface area contributed by atoms with Crippen molar-refractivity contribution in [2.75, 3.05) is 5.75 Å². The van der Waals surface area contributed by atoms with Gasteiger partial charge < -0.3 is 4.57 Å². The predicted octanol–water partition coefficient (Wildman–Crippen LogP) is 0.871. The van der Waals surface area contributed by atoms with Gasteiger partial charge in [0.1, 0.15) is 12.2 Å². The molecule has 0 saturated carbocycles. The van der Waals surface area contributed by atoms with Gasteiger partial charge in [0.15, 0.2) is 11.0 Å². The number of nitrogens with zero attached hydrogens (tertiary/aromatic N) is 5. The van der Waals surface area contributed by atoms with Gasteiger partial charge in [-0.1, -0.05) is 11.8 Å². The minimum absolute atomic E-state index is 0.116. The van der Waals surface area contributed by atoms with E-state index in [2.05, 4.69) is 15.3 Å². The summed E-state index contributed by atoms with van der Waals surface area (Å²) in [6, 6.07) is 1.35. The number of alkyl halides is 2. The molecule has 2 aromatic rings. The van der Waals surface area contributed by atoms with Gasteiger partial charge in [-0.2, -0.15) is 5.10 Å². The van der Waals surface area contributed by atoms with Crippen LogP contribution in [0.5, 0.6) is 0 Å². The summed E-state index contributed by atoms with van der Waals surface area (Å²) in [6.45, 7) is 4.41. The molecule has 11 heteroatoms. The maximum absolute atomic E-state index is 12.7. The highest BCUT2D eigenvalue weighted by Crippen LogP contribution is 2.20. The Morgan fingerprint density at radius 3 is 2.78 bits per heavy atom.